The Labute approximate surface area is 113 Å². The number of hydrogen-bond donors (Lipinski definition) is 1. The first kappa shape index (κ1) is 13.7. The number of morpholine rings is 1. The van der Waals surface area contributed by atoms with Gasteiger partial charge in [-0.15, -0.1) is 0 Å². The number of hydrogen-bond acceptors (Lipinski definition) is 5. The van der Waals surface area contributed by atoms with Crippen molar-refractivity contribution in [2.24, 2.45) is 5.92 Å². The molecule has 1 aliphatic heterocycles. The molecule has 1 N–H and O–H groups in total. The van der Waals surface area contributed by atoms with Crippen LogP contribution in [0, 0.1) is 5.92 Å². The van der Waals surface area contributed by atoms with E-state index in [1.165, 1.54) is 0 Å². The molecule has 6 nitrogen and oxygen atoms in total. The molecule has 1 aliphatic rings. The van der Waals surface area contributed by atoms with Crippen LogP contribution in [-0.4, -0.2) is 53.1 Å². The summed E-state index contributed by atoms with van der Waals surface area (Å²) in [4.78, 5) is 22.6. The number of nitrogens with zero attached hydrogens (tertiary/aromatic N) is 3. The van der Waals surface area contributed by atoms with Crippen molar-refractivity contribution < 1.29 is 9.53 Å². The maximum absolute atomic E-state index is 12.5. The smallest absolute Gasteiger partial charge is 0.245 e. The molecule has 1 fully saturated rings. The highest BCUT2D eigenvalue weighted by atomic mass is 16.5. The Bertz CT molecular complexity index is 404. The van der Waals surface area contributed by atoms with E-state index in [9.17, 15) is 4.79 Å². The van der Waals surface area contributed by atoms with Crippen LogP contribution in [0.5, 0.6) is 0 Å². The van der Waals surface area contributed by atoms with Crippen molar-refractivity contribution in [1.82, 2.24) is 14.9 Å². The van der Waals surface area contributed by atoms with Crippen molar-refractivity contribution in [2.45, 2.75) is 19.9 Å². The molecule has 0 saturated carbocycles. The Balaban J connectivity index is 2.04. The van der Waals surface area contributed by atoms with Gasteiger partial charge in [-0.05, 0) is 12.0 Å². The molecular weight excluding hydrogens is 244 g/mol. The largest absolute Gasteiger partial charge is 0.378 e. The van der Waals surface area contributed by atoms with E-state index in [0.717, 1.165) is 0 Å². The number of amides is 1. The van der Waals surface area contributed by atoms with Crippen LogP contribution >= 0.6 is 0 Å². The Morgan fingerprint density at radius 1 is 1.32 bits per heavy atom. The summed E-state index contributed by atoms with van der Waals surface area (Å²) in [5, 5.41) is 3.12. The number of rotatable bonds is 4. The van der Waals surface area contributed by atoms with Crippen molar-refractivity contribution in [1.29, 1.82) is 0 Å². The first-order valence-corrected chi connectivity index (χ1v) is 6.58. The van der Waals surface area contributed by atoms with Gasteiger partial charge in [-0.1, -0.05) is 13.8 Å². The number of carbonyl (C=O) groups excluding carboxylic acids is 1. The van der Waals surface area contributed by atoms with E-state index < -0.39 is 0 Å². The molecule has 0 radical (unpaired) electrons. The fourth-order valence-corrected chi connectivity index (χ4v) is 2.01. The molecule has 0 aliphatic carbocycles. The molecule has 0 bridgehead atoms. The van der Waals surface area contributed by atoms with E-state index in [1.54, 1.807) is 18.5 Å². The van der Waals surface area contributed by atoms with Crippen LogP contribution in [0.3, 0.4) is 0 Å². The molecule has 1 atom stereocenters. The van der Waals surface area contributed by atoms with Crippen molar-refractivity contribution in [3.05, 3.63) is 18.5 Å². The highest BCUT2D eigenvalue weighted by molar-refractivity contribution is 5.84. The molecule has 0 spiro atoms. The first-order valence-electron chi connectivity index (χ1n) is 6.58. The monoisotopic (exact) mass is 264 g/mol. The minimum absolute atomic E-state index is 0.0887. The number of carbonyl (C=O) groups is 1. The second kappa shape index (κ2) is 6.47. The van der Waals surface area contributed by atoms with Crippen molar-refractivity contribution in [3.8, 4) is 0 Å². The van der Waals surface area contributed by atoms with Gasteiger partial charge in [-0.3, -0.25) is 4.79 Å². The zero-order valence-corrected chi connectivity index (χ0v) is 11.4. The summed E-state index contributed by atoms with van der Waals surface area (Å²) in [5.74, 6) is 0.743. The summed E-state index contributed by atoms with van der Waals surface area (Å²) in [7, 11) is 0. The molecule has 0 aromatic carbocycles. The number of nitrogens with one attached hydrogen (secondary N) is 1. The van der Waals surface area contributed by atoms with Crippen molar-refractivity contribution in [3.63, 3.8) is 0 Å². The lowest BCUT2D eigenvalue weighted by Gasteiger charge is -2.32. The molecule has 2 rings (SSSR count). The SMILES string of the molecule is CC(C)[C@H](Nc1ncccn1)C(=O)N1CCOCC1. The molecule has 1 amide bonds. The molecule has 1 saturated heterocycles. The standard InChI is InChI=1S/C13H20N4O2/c1-10(2)11(16-13-14-4-3-5-15-13)12(18)17-6-8-19-9-7-17/h3-5,10-11H,6-9H2,1-2H3,(H,14,15,16)/t11-/m0/s1. The van der Waals surface area contributed by atoms with Gasteiger partial charge in [-0.2, -0.15) is 0 Å². The van der Waals surface area contributed by atoms with Gasteiger partial charge < -0.3 is 15.0 Å². The van der Waals surface area contributed by atoms with Crippen molar-refractivity contribution >= 4 is 11.9 Å². The number of anilines is 1. The quantitative estimate of drug-likeness (QED) is 0.870. The zero-order valence-electron chi connectivity index (χ0n) is 11.4. The fraction of sp³-hybridized carbons (Fsp3) is 0.615. The minimum atomic E-state index is -0.305. The lowest BCUT2D eigenvalue weighted by atomic mass is 10.0. The Morgan fingerprint density at radius 3 is 2.53 bits per heavy atom. The van der Waals surface area contributed by atoms with Crippen molar-refractivity contribution in [2.75, 3.05) is 31.6 Å². The fourth-order valence-electron chi connectivity index (χ4n) is 2.01. The molecule has 2 heterocycles. The first-order chi connectivity index (χ1) is 9.18. The van der Waals surface area contributed by atoms with Gasteiger partial charge in [-0.25, -0.2) is 9.97 Å². The average molecular weight is 264 g/mol. The lowest BCUT2D eigenvalue weighted by Crippen LogP contribution is -2.50. The topological polar surface area (TPSA) is 67.4 Å². The van der Waals surface area contributed by atoms with Crippen LogP contribution in [0.25, 0.3) is 0 Å². The Hall–Kier alpha value is -1.69. The van der Waals surface area contributed by atoms with Crippen LogP contribution in [0.1, 0.15) is 13.8 Å². The Kier molecular flexibility index (Phi) is 4.68. The average Bonchev–Trinajstić information content (AvgIpc) is 2.46. The predicted molar refractivity (Wildman–Crippen MR) is 71.7 cm³/mol. The number of ether oxygens (including phenoxy) is 1. The lowest BCUT2D eigenvalue weighted by molar-refractivity contribution is -0.137. The van der Waals surface area contributed by atoms with Gasteiger partial charge in [0.25, 0.3) is 0 Å². The maximum Gasteiger partial charge on any atom is 0.245 e. The van der Waals surface area contributed by atoms with Crippen LogP contribution in [0.15, 0.2) is 18.5 Å². The molecule has 6 heteroatoms. The van der Waals surface area contributed by atoms with E-state index in [4.69, 9.17) is 4.74 Å². The molecule has 1 aromatic heterocycles. The second-order valence-corrected chi connectivity index (χ2v) is 4.88. The van der Waals surface area contributed by atoms with Crippen LogP contribution in [0.2, 0.25) is 0 Å². The third kappa shape index (κ3) is 3.64. The normalized spacial score (nSPS) is 17.3. The number of aromatic nitrogens is 2. The predicted octanol–water partition coefficient (Wildman–Crippen LogP) is 0.772. The highest BCUT2D eigenvalue weighted by Gasteiger charge is 2.28. The van der Waals surface area contributed by atoms with E-state index in [2.05, 4.69) is 15.3 Å². The molecule has 19 heavy (non-hydrogen) atoms. The van der Waals surface area contributed by atoms with Gasteiger partial charge in [0.05, 0.1) is 13.2 Å². The van der Waals surface area contributed by atoms with E-state index in [1.807, 2.05) is 18.7 Å². The molecule has 1 aromatic rings. The summed E-state index contributed by atoms with van der Waals surface area (Å²) >= 11 is 0. The molecule has 104 valence electrons. The van der Waals surface area contributed by atoms with Crippen LogP contribution in [-0.2, 0) is 9.53 Å². The summed E-state index contributed by atoms with van der Waals surface area (Å²) in [5.41, 5.74) is 0. The van der Waals surface area contributed by atoms with Gasteiger partial charge in [0.15, 0.2) is 0 Å². The Morgan fingerprint density at radius 2 is 1.95 bits per heavy atom. The van der Waals surface area contributed by atoms with E-state index in [0.29, 0.717) is 32.3 Å². The second-order valence-electron chi connectivity index (χ2n) is 4.88. The minimum Gasteiger partial charge on any atom is -0.378 e. The molecular formula is C13H20N4O2. The van der Waals surface area contributed by atoms with Gasteiger partial charge in [0, 0.05) is 25.5 Å². The van der Waals surface area contributed by atoms with Crippen LogP contribution < -0.4 is 5.32 Å². The molecule has 0 unspecified atom stereocenters. The summed E-state index contributed by atoms with van der Waals surface area (Å²) < 4.78 is 5.27. The van der Waals surface area contributed by atoms with Gasteiger partial charge in [0.2, 0.25) is 11.9 Å². The van der Waals surface area contributed by atoms with E-state index in [-0.39, 0.29) is 17.9 Å². The summed E-state index contributed by atoms with van der Waals surface area (Å²) in [6.07, 6.45) is 3.32. The summed E-state index contributed by atoms with van der Waals surface area (Å²) in [6.45, 7) is 6.55. The third-order valence-corrected chi connectivity index (χ3v) is 3.11. The highest BCUT2D eigenvalue weighted by Crippen LogP contribution is 2.12. The zero-order chi connectivity index (χ0) is 13.7. The van der Waals surface area contributed by atoms with Gasteiger partial charge >= 0.3 is 0 Å². The summed E-state index contributed by atoms with van der Waals surface area (Å²) in [6, 6.07) is 1.44. The van der Waals surface area contributed by atoms with Crippen LogP contribution in [0.4, 0.5) is 5.95 Å². The van der Waals surface area contributed by atoms with Gasteiger partial charge in [0.1, 0.15) is 6.04 Å². The van der Waals surface area contributed by atoms with E-state index >= 15 is 0 Å². The maximum atomic E-state index is 12.5. The third-order valence-electron chi connectivity index (χ3n) is 3.11.